The minimum atomic E-state index is -0.959. The number of rotatable bonds is 2. The van der Waals surface area contributed by atoms with Crippen LogP contribution in [0.4, 0.5) is 0 Å². The molecule has 0 bridgehead atoms. The SMILES string of the molecule is O=C(O)c1cc(Br)c(Br)c(CCl)c1. The first kappa shape index (κ1) is 11.0. The summed E-state index contributed by atoms with van der Waals surface area (Å²) in [4.78, 5) is 10.7. The van der Waals surface area contributed by atoms with Crippen LogP contribution < -0.4 is 0 Å². The highest BCUT2D eigenvalue weighted by atomic mass is 79.9. The van der Waals surface area contributed by atoms with Crippen LogP contribution in [0.25, 0.3) is 0 Å². The lowest BCUT2D eigenvalue weighted by molar-refractivity contribution is 0.0696. The molecule has 13 heavy (non-hydrogen) atoms. The summed E-state index contributed by atoms with van der Waals surface area (Å²) in [6.07, 6.45) is 0. The van der Waals surface area contributed by atoms with Gasteiger partial charge < -0.3 is 5.11 Å². The Balaban J connectivity index is 3.30. The molecular weight excluding hydrogens is 323 g/mol. The van der Waals surface area contributed by atoms with Gasteiger partial charge in [0, 0.05) is 14.8 Å². The molecule has 0 saturated heterocycles. The molecule has 0 amide bonds. The average molecular weight is 328 g/mol. The first-order valence-electron chi connectivity index (χ1n) is 3.33. The van der Waals surface area contributed by atoms with Crippen molar-refractivity contribution in [2.75, 3.05) is 0 Å². The van der Waals surface area contributed by atoms with Crippen molar-refractivity contribution in [2.24, 2.45) is 0 Å². The van der Waals surface area contributed by atoms with Gasteiger partial charge in [0.15, 0.2) is 0 Å². The molecule has 2 nitrogen and oxygen atoms in total. The van der Waals surface area contributed by atoms with Gasteiger partial charge in [0.1, 0.15) is 0 Å². The number of carboxylic acid groups (broad SMARTS) is 1. The van der Waals surface area contributed by atoms with Gasteiger partial charge in [-0.1, -0.05) is 0 Å². The molecule has 0 aromatic heterocycles. The monoisotopic (exact) mass is 326 g/mol. The fraction of sp³-hybridized carbons (Fsp3) is 0.125. The molecule has 1 N–H and O–H groups in total. The Morgan fingerprint density at radius 2 is 2.08 bits per heavy atom. The lowest BCUT2D eigenvalue weighted by Gasteiger charge is -2.04. The first-order chi connectivity index (χ1) is 6.06. The molecule has 70 valence electrons. The van der Waals surface area contributed by atoms with Crippen LogP contribution in [0.3, 0.4) is 0 Å². The molecular formula is C8H5Br2ClO2. The minimum Gasteiger partial charge on any atom is -0.478 e. The van der Waals surface area contributed by atoms with E-state index >= 15 is 0 Å². The second kappa shape index (κ2) is 4.44. The Bertz CT molecular complexity index is 352. The van der Waals surface area contributed by atoms with Crippen molar-refractivity contribution in [1.29, 1.82) is 0 Å². The Hall–Kier alpha value is -0.0600. The number of alkyl halides is 1. The van der Waals surface area contributed by atoms with Gasteiger partial charge in [0.25, 0.3) is 0 Å². The maximum absolute atomic E-state index is 10.7. The van der Waals surface area contributed by atoms with Crippen LogP contribution in [0.2, 0.25) is 0 Å². The van der Waals surface area contributed by atoms with Crippen molar-refractivity contribution in [3.8, 4) is 0 Å². The van der Waals surface area contributed by atoms with Crippen molar-refractivity contribution in [2.45, 2.75) is 5.88 Å². The molecule has 5 heteroatoms. The maximum atomic E-state index is 10.7. The third kappa shape index (κ3) is 2.45. The van der Waals surface area contributed by atoms with E-state index < -0.39 is 5.97 Å². The van der Waals surface area contributed by atoms with Crippen molar-refractivity contribution < 1.29 is 9.90 Å². The van der Waals surface area contributed by atoms with Crippen molar-refractivity contribution in [3.05, 3.63) is 32.2 Å². The van der Waals surface area contributed by atoms with Gasteiger partial charge in [-0.2, -0.15) is 0 Å². The zero-order valence-electron chi connectivity index (χ0n) is 6.35. The molecule has 0 spiro atoms. The van der Waals surface area contributed by atoms with E-state index in [1.54, 1.807) is 6.07 Å². The van der Waals surface area contributed by atoms with Crippen molar-refractivity contribution >= 4 is 49.4 Å². The summed E-state index contributed by atoms with van der Waals surface area (Å²) in [5.74, 6) is -0.681. The van der Waals surface area contributed by atoms with E-state index in [4.69, 9.17) is 16.7 Å². The van der Waals surface area contributed by atoms with Gasteiger partial charge in [0.2, 0.25) is 0 Å². The predicted octanol–water partition coefficient (Wildman–Crippen LogP) is 3.65. The number of carboxylic acids is 1. The van der Waals surface area contributed by atoms with Crippen LogP contribution >= 0.6 is 43.5 Å². The molecule has 0 aliphatic rings. The maximum Gasteiger partial charge on any atom is 0.335 e. The summed E-state index contributed by atoms with van der Waals surface area (Å²) in [6, 6.07) is 3.08. The number of aromatic carboxylic acids is 1. The van der Waals surface area contributed by atoms with Gasteiger partial charge >= 0.3 is 5.97 Å². The number of hydrogen-bond acceptors (Lipinski definition) is 1. The predicted molar refractivity (Wildman–Crippen MR) is 58.4 cm³/mol. The standard InChI is InChI=1S/C8H5Br2ClO2/c9-6-2-4(8(12)13)1-5(3-11)7(6)10/h1-2H,3H2,(H,12,13). The third-order valence-corrected chi connectivity index (χ3v) is 3.88. The average Bonchev–Trinajstić information content (AvgIpc) is 2.09. The summed E-state index contributed by atoms with van der Waals surface area (Å²) in [7, 11) is 0. The molecule has 0 aliphatic heterocycles. The number of hydrogen-bond donors (Lipinski definition) is 1. The highest BCUT2D eigenvalue weighted by Crippen LogP contribution is 2.29. The molecule has 1 aromatic carbocycles. The lowest BCUT2D eigenvalue weighted by atomic mass is 10.1. The normalized spacial score (nSPS) is 10.1. The second-order valence-corrected chi connectivity index (χ2v) is 4.28. The van der Waals surface area contributed by atoms with E-state index in [0.717, 1.165) is 10.0 Å². The molecule has 0 fully saturated rings. The lowest BCUT2D eigenvalue weighted by Crippen LogP contribution is -1.98. The summed E-state index contributed by atoms with van der Waals surface area (Å²) >= 11 is 12.2. The van der Waals surface area contributed by atoms with Crippen LogP contribution in [0.15, 0.2) is 21.1 Å². The molecule has 0 saturated carbocycles. The topological polar surface area (TPSA) is 37.3 Å². The Morgan fingerprint density at radius 1 is 1.46 bits per heavy atom. The van der Waals surface area contributed by atoms with E-state index in [9.17, 15) is 4.79 Å². The molecule has 0 heterocycles. The van der Waals surface area contributed by atoms with Crippen LogP contribution in [0.5, 0.6) is 0 Å². The summed E-state index contributed by atoms with van der Waals surface area (Å²) in [5, 5.41) is 8.74. The van der Waals surface area contributed by atoms with Crippen LogP contribution in [-0.2, 0) is 5.88 Å². The molecule has 0 atom stereocenters. The summed E-state index contributed by atoms with van der Waals surface area (Å²) in [6.45, 7) is 0. The molecule has 0 unspecified atom stereocenters. The zero-order chi connectivity index (χ0) is 10.0. The van der Waals surface area contributed by atoms with Gasteiger partial charge in [-0.05, 0) is 49.6 Å². The van der Waals surface area contributed by atoms with E-state index in [-0.39, 0.29) is 11.4 Å². The Labute approximate surface area is 97.2 Å². The van der Waals surface area contributed by atoms with Gasteiger partial charge in [-0.3, -0.25) is 0 Å². The largest absolute Gasteiger partial charge is 0.478 e. The van der Waals surface area contributed by atoms with Crippen molar-refractivity contribution in [1.82, 2.24) is 0 Å². The van der Waals surface area contributed by atoms with Crippen LogP contribution in [-0.4, -0.2) is 11.1 Å². The Kier molecular flexibility index (Phi) is 3.76. The molecule has 0 radical (unpaired) electrons. The van der Waals surface area contributed by atoms with Crippen molar-refractivity contribution in [3.63, 3.8) is 0 Å². The quantitative estimate of drug-likeness (QED) is 0.842. The molecule has 1 aromatic rings. The van der Waals surface area contributed by atoms with Crippen LogP contribution in [0, 0.1) is 0 Å². The molecule has 0 aliphatic carbocycles. The van der Waals surface area contributed by atoms with E-state index in [0.29, 0.717) is 4.47 Å². The van der Waals surface area contributed by atoms with E-state index in [2.05, 4.69) is 31.9 Å². The number of carbonyl (C=O) groups is 1. The molecule has 1 rings (SSSR count). The number of halogens is 3. The fourth-order valence-corrected chi connectivity index (χ4v) is 2.11. The summed E-state index contributed by atoms with van der Waals surface area (Å²) < 4.78 is 1.50. The minimum absolute atomic E-state index is 0.228. The first-order valence-corrected chi connectivity index (χ1v) is 5.45. The third-order valence-electron chi connectivity index (χ3n) is 1.49. The van der Waals surface area contributed by atoms with E-state index in [1.165, 1.54) is 6.07 Å². The zero-order valence-corrected chi connectivity index (χ0v) is 10.3. The van der Waals surface area contributed by atoms with Gasteiger partial charge in [-0.15, -0.1) is 11.6 Å². The van der Waals surface area contributed by atoms with Gasteiger partial charge in [-0.25, -0.2) is 4.79 Å². The number of benzene rings is 1. The Morgan fingerprint density at radius 3 is 2.54 bits per heavy atom. The highest BCUT2D eigenvalue weighted by molar-refractivity contribution is 9.13. The summed E-state index contributed by atoms with van der Waals surface area (Å²) in [5.41, 5.74) is 0.985. The fourth-order valence-electron chi connectivity index (χ4n) is 0.867. The van der Waals surface area contributed by atoms with Crippen LogP contribution in [0.1, 0.15) is 15.9 Å². The van der Waals surface area contributed by atoms with E-state index in [1.807, 2.05) is 0 Å². The second-order valence-electron chi connectivity index (χ2n) is 2.37. The van der Waals surface area contributed by atoms with Gasteiger partial charge in [0.05, 0.1) is 5.56 Å². The smallest absolute Gasteiger partial charge is 0.335 e. The highest BCUT2D eigenvalue weighted by Gasteiger charge is 2.10.